The minimum absolute atomic E-state index is 0.145. The van der Waals surface area contributed by atoms with Crippen LogP contribution in [-0.2, 0) is 4.79 Å². The van der Waals surface area contributed by atoms with Crippen molar-refractivity contribution in [2.75, 3.05) is 6.61 Å². The molecule has 0 unspecified atom stereocenters. The van der Waals surface area contributed by atoms with Gasteiger partial charge in [0.1, 0.15) is 5.82 Å². The summed E-state index contributed by atoms with van der Waals surface area (Å²) < 4.78 is 6.96. The second-order valence-corrected chi connectivity index (χ2v) is 7.70. The summed E-state index contributed by atoms with van der Waals surface area (Å²) in [7, 11) is 0. The van der Waals surface area contributed by atoms with Gasteiger partial charge in [-0.25, -0.2) is 9.78 Å². The Kier molecular flexibility index (Phi) is 6.44. The van der Waals surface area contributed by atoms with Gasteiger partial charge in [-0.1, -0.05) is 35.8 Å². The molecule has 160 valence electrons. The number of ether oxygens (including phenoxy) is 1. The third-order valence-electron chi connectivity index (χ3n) is 4.22. The maximum Gasteiger partial charge on any atom is 0.341 e. The molecule has 3 aromatic rings. The molecule has 0 aliphatic heterocycles. The van der Waals surface area contributed by atoms with E-state index >= 15 is 0 Å². The van der Waals surface area contributed by atoms with Crippen LogP contribution >= 0.6 is 15.9 Å². The SMILES string of the molecule is CC(C)c1nc2ccc(Br)cc2c(=O)n1N=Cc1cccc([N+](=O)[O-])c1OCC(=O)O. The Bertz CT molecular complexity index is 1270. The number of aliphatic carboxylic acids is 1. The molecule has 10 nitrogen and oxygen atoms in total. The lowest BCUT2D eigenvalue weighted by atomic mass is 10.2. The summed E-state index contributed by atoms with van der Waals surface area (Å²) in [5, 5.41) is 24.8. The summed E-state index contributed by atoms with van der Waals surface area (Å²) in [5.41, 5.74) is -0.164. The largest absolute Gasteiger partial charge is 0.479 e. The van der Waals surface area contributed by atoms with Crippen LogP contribution in [0.15, 0.2) is 50.8 Å². The zero-order valence-corrected chi connectivity index (χ0v) is 18.1. The fraction of sp³-hybridized carbons (Fsp3) is 0.200. The molecule has 0 spiro atoms. The first-order valence-corrected chi connectivity index (χ1v) is 9.87. The van der Waals surface area contributed by atoms with Crippen LogP contribution in [0.4, 0.5) is 5.69 Å². The molecular weight excluding hydrogens is 472 g/mol. The highest BCUT2D eigenvalue weighted by Gasteiger charge is 2.20. The summed E-state index contributed by atoms with van der Waals surface area (Å²) in [6.45, 7) is 2.94. The van der Waals surface area contributed by atoms with Crippen LogP contribution in [0.25, 0.3) is 10.9 Å². The highest BCUT2D eigenvalue weighted by molar-refractivity contribution is 9.10. The molecule has 1 N–H and O–H groups in total. The number of hydrogen-bond donors (Lipinski definition) is 1. The van der Waals surface area contributed by atoms with E-state index in [1.807, 2.05) is 13.8 Å². The van der Waals surface area contributed by atoms with Gasteiger partial charge in [-0.15, -0.1) is 0 Å². The molecule has 0 bridgehead atoms. The van der Waals surface area contributed by atoms with E-state index in [1.54, 1.807) is 18.2 Å². The number of halogens is 1. The predicted molar refractivity (Wildman–Crippen MR) is 117 cm³/mol. The number of benzene rings is 2. The van der Waals surface area contributed by atoms with Crippen molar-refractivity contribution in [3.63, 3.8) is 0 Å². The Hall–Kier alpha value is -3.60. The summed E-state index contributed by atoms with van der Waals surface area (Å²) in [6.07, 6.45) is 1.21. The van der Waals surface area contributed by atoms with Crippen molar-refractivity contribution in [3.8, 4) is 5.75 Å². The number of nitro benzene ring substituents is 1. The van der Waals surface area contributed by atoms with Crippen LogP contribution in [0.5, 0.6) is 5.75 Å². The van der Waals surface area contributed by atoms with Crippen molar-refractivity contribution < 1.29 is 19.6 Å². The number of nitro groups is 1. The van der Waals surface area contributed by atoms with E-state index in [1.165, 1.54) is 24.4 Å². The number of hydrogen-bond acceptors (Lipinski definition) is 7. The second kappa shape index (κ2) is 9.04. The number of carboxylic acids is 1. The van der Waals surface area contributed by atoms with E-state index in [-0.39, 0.29) is 17.2 Å². The zero-order chi connectivity index (χ0) is 22.7. The van der Waals surface area contributed by atoms with E-state index < -0.39 is 28.7 Å². The third kappa shape index (κ3) is 4.77. The average Bonchev–Trinajstić information content (AvgIpc) is 2.71. The van der Waals surface area contributed by atoms with Crippen molar-refractivity contribution in [1.29, 1.82) is 0 Å². The zero-order valence-electron chi connectivity index (χ0n) is 16.5. The fourth-order valence-corrected chi connectivity index (χ4v) is 3.21. The van der Waals surface area contributed by atoms with Crippen molar-refractivity contribution in [1.82, 2.24) is 9.66 Å². The van der Waals surface area contributed by atoms with Gasteiger partial charge in [0.05, 0.1) is 22.0 Å². The van der Waals surface area contributed by atoms with E-state index in [0.29, 0.717) is 21.2 Å². The molecule has 0 aliphatic carbocycles. The van der Waals surface area contributed by atoms with Gasteiger partial charge in [-0.3, -0.25) is 14.9 Å². The first kappa shape index (κ1) is 22.1. The summed E-state index contributed by atoms with van der Waals surface area (Å²) in [6, 6.07) is 9.21. The Balaban J connectivity index is 2.17. The molecule has 0 amide bonds. The summed E-state index contributed by atoms with van der Waals surface area (Å²) in [4.78, 5) is 39.1. The smallest absolute Gasteiger partial charge is 0.341 e. The summed E-state index contributed by atoms with van der Waals surface area (Å²) >= 11 is 3.33. The molecule has 0 radical (unpaired) electrons. The quantitative estimate of drug-likeness (QED) is 0.305. The van der Waals surface area contributed by atoms with E-state index in [2.05, 4.69) is 26.0 Å². The van der Waals surface area contributed by atoms with E-state index in [4.69, 9.17) is 9.84 Å². The van der Waals surface area contributed by atoms with Gasteiger partial charge in [0.15, 0.2) is 6.61 Å². The molecule has 0 atom stereocenters. The fourth-order valence-electron chi connectivity index (χ4n) is 2.85. The van der Waals surface area contributed by atoms with Crippen LogP contribution < -0.4 is 10.3 Å². The third-order valence-corrected chi connectivity index (χ3v) is 4.72. The van der Waals surface area contributed by atoms with Crippen LogP contribution in [0, 0.1) is 10.1 Å². The number of carboxylic acid groups (broad SMARTS) is 1. The maximum absolute atomic E-state index is 13.1. The monoisotopic (exact) mass is 488 g/mol. The van der Waals surface area contributed by atoms with Crippen LogP contribution in [0.2, 0.25) is 0 Å². The number of fused-ring (bicyclic) bond motifs is 1. The number of carbonyl (C=O) groups is 1. The van der Waals surface area contributed by atoms with Crippen molar-refractivity contribution in [2.45, 2.75) is 19.8 Å². The van der Waals surface area contributed by atoms with Gasteiger partial charge in [-0.05, 0) is 24.3 Å². The van der Waals surface area contributed by atoms with Gasteiger partial charge < -0.3 is 9.84 Å². The molecule has 0 aliphatic rings. The van der Waals surface area contributed by atoms with Crippen molar-refractivity contribution in [2.24, 2.45) is 5.10 Å². The van der Waals surface area contributed by atoms with Crippen molar-refractivity contribution >= 4 is 44.7 Å². The highest BCUT2D eigenvalue weighted by atomic mass is 79.9. The molecule has 11 heteroatoms. The molecule has 31 heavy (non-hydrogen) atoms. The van der Waals surface area contributed by atoms with Gasteiger partial charge in [0.25, 0.3) is 5.56 Å². The predicted octanol–water partition coefficient (Wildman–Crippen LogP) is 3.54. The standard InChI is InChI=1S/C20H17BrN4O6/c1-11(2)19-23-15-7-6-13(21)8-14(15)20(28)24(19)22-9-12-4-3-5-16(25(29)30)18(12)31-10-17(26)27/h3-9,11H,10H2,1-2H3,(H,26,27). The Morgan fingerprint density at radius 1 is 1.39 bits per heavy atom. The van der Waals surface area contributed by atoms with Crippen LogP contribution in [0.1, 0.15) is 31.2 Å². The van der Waals surface area contributed by atoms with Gasteiger partial charge in [0, 0.05) is 22.0 Å². The Labute approximate surface area is 184 Å². The van der Waals surface area contributed by atoms with Gasteiger partial charge in [-0.2, -0.15) is 9.78 Å². The van der Waals surface area contributed by atoms with Crippen LogP contribution in [-0.4, -0.2) is 38.5 Å². The van der Waals surface area contributed by atoms with Gasteiger partial charge >= 0.3 is 11.7 Å². The number of nitrogens with zero attached hydrogens (tertiary/aromatic N) is 4. The average molecular weight is 489 g/mol. The van der Waals surface area contributed by atoms with E-state index in [0.717, 1.165) is 4.68 Å². The maximum atomic E-state index is 13.1. The van der Waals surface area contributed by atoms with E-state index in [9.17, 15) is 19.7 Å². The minimum atomic E-state index is -1.29. The Morgan fingerprint density at radius 2 is 2.13 bits per heavy atom. The van der Waals surface area contributed by atoms with Crippen LogP contribution in [0.3, 0.4) is 0 Å². The molecular formula is C20H17BrN4O6. The molecule has 0 fully saturated rings. The molecule has 3 rings (SSSR count). The molecule has 0 saturated heterocycles. The molecule has 2 aromatic carbocycles. The number of para-hydroxylation sites is 1. The number of aromatic nitrogens is 2. The second-order valence-electron chi connectivity index (χ2n) is 6.78. The normalized spacial score (nSPS) is 11.4. The lowest BCUT2D eigenvalue weighted by Gasteiger charge is -2.12. The Morgan fingerprint density at radius 3 is 2.77 bits per heavy atom. The first-order valence-electron chi connectivity index (χ1n) is 9.07. The molecule has 1 aromatic heterocycles. The molecule has 0 saturated carbocycles. The topological polar surface area (TPSA) is 137 Å². The van der Waals surface area contributed by atoms with Gasteiger partial charge in [0.2, 0.25) is 5.75 Å². The lowest BCUT2D eigenvalue weighted by Crippen LogP contribution is -2.23. The highest BCUT2D eigenvalue weighted by Crippen LogP contribution is 2.30. The lowest BCUT2D eigenvalue weighted by molar-refractivity contribution is -0.385. The molecule has 1 heterocycles. The number of rotatable bonds is 7. The van der Waals surface area contributed by atoms with Crippen molar-refractivity contribution in [3.05, 3.63) is 72.7 Å². The summed E-state index contributed by atoms with van der Waals surface area (Å²) in [5.74, 6) is -1.29. The minimum Gasteiger partial charge on any atom is -0.479 e. The first-order chi connectivity index (χ1) is 14.7.